The van der Waals surface area contributed by atoms with E-state index in [1.807, 2.05) is 19.1 Å². The Morgan fingerprint density at radius 1 is 1.64 bits per heavy atom. The molecule has 0 aliphatic carbocycles. The van der Waals surface area contributed by atoms with E-state index in [0.717, 1.165) is 18.6 Å². The normalized spacial score (nSPS) is 19.9. The van der Waals surface area contributed by atoms with E-state index >= 15 is 0 Å². The van der Waals surface area contributed by atoms with Crippen molar-refractivity contribution in [2.24, 2.45) is 10.7 Å². The van der Waals surface area contributed by atoms with Crippen molar-refractivity contribution in [2.75, 3.05) is 26.9 Å². The third-order valence-corrected chi connectivity index (χ3v) is 3.22. The van der Waals surface area contributed by atoms with Gasteiger partial charge in [0.15, 0.2) is 5.96 Å². The number of rotatable bonds is 7. The topological polar surface area (TPSA) is 91.0 Å². The molecule has 0 bridgehead atoms. The minimum atomic E-state index is 0.0906. The summed E-state index contributed by atoms with van der Waals surface area (Å²) in [6, 6.07) is 3.90. The molecule has 2 rings (SSSR count). The van der Waals surface area contributed by atoms with Crippen LogP contribution in [0.2, 0.25) is 0 Å². The van der Waals surface area contributed by atoms with Crippen molar-refractivity contribution in [1.82, 2.24) is 10.3 Å². The van der Waals surface area contributed by atoms with Crippen molar-refractivity contribution in [3.63, 3.8) is 0 Å². The van der Waals surface area contributed by atoms with Gasteiger partial charge >= 0.3 is 0 Å². The highest BCUT2D eigenvalue weighted by Gasteiger charge is 2.17. The first-order valence-corrected chi connectivity index (χ1v) is 7.42. The van der Waals surface area contributed by atoms with Crippen molar-refractivity contribution in [3.05, 3.63) is 23.9 Å². The number of aromatic nitrogens is 1. The molecule has 1 aliphatic rings. The molecule has 122 valence electrons. The molecule has 0 spiro atoms. The Bertz CT molecular complexity index is 489. The second-order valence-electron chi connectivity index (χ2n) is 5.31. The summed E-state index contributed by atoms with van der Waals surface area (Å²) in [5.74, 6) is 0.996. The molecule has 2 unspecified atom stereocenters. The van der Waals surface area contributed by atoms with Crippen LogP contribution in [0.4, 0.5) is 0 Å². The van der Waals surface area contributed by atoms with Gasteiger partial charge in [0.05, 0.1) is 26.4 Å². The third kappa shape index (κ3) is 5.50. The van der Waals surface area contributed by atoms with Gasteiger partial charge in [-0.25, -0.2) is 9.98 Å². The largest absolute Gasteiger partial charge is 0.472 e. The second kappa shape index (κ2) is 8.55. The van der Waals surface area contributed by atoms with Gasteiger partial charge in [-0.1, -0.05) is 0 Å². The van der Waals surface area contributed by atoms with E-state index in [1.54, 1.807) is 13.3 Å². The van der Waals surface area contributed by atoms with Gasteiger partial charge in [0.1, 0.15) is 6.10 Å². The predicted octanol–water partition coefficient (Wildman–Crippen LogP) is 0.689. The number of ether oxygens (including phenoxy) is 3. The van der Waals surface area contributed by atoms with Crippen molar-refractivity contribution < 1.29 is 14.2 Å². The highest BCUT2D eigenvalue weighted by atomic mass is 16.5. The SMILES string of the molecule is COCC(C)NC(N)=NCc1ccnc(OC2CCOC2)c1. The molecule has 1 aromatic heterocycles. The summed E-state index contributed by atoms with van der Waals surface area (Å²) in [5, 5.41) is 3.06. The quantitative estimate of drug-likeness (QED) is 0.569. The Hall–Kier alpha value is -1.86. The Balaban J connectivity index is 1.86. The van der Waals surface area contributed by atoms with E-state index in [4.69, 9.17) is 19.9 Å². The molecule has 2 atom stereocenters. The van der Waals surface area contributed by atoms with Crippen LogP contribution < -0.4 is 15.8 Å². The van der Waals surface area contributed by atoms with Crippen molar-refractivity contribution in [3.8, 4) is 5.88 Å². The van der Waals surface area contributed by atoms with Gasteiger partial charge in [0.25, 0.3) is 0 Å². The van der Waals surface area contributed by atoms with Crippen molar-refractivity contribution in [1.29, 1.82) is 0 Å². The summed E-state index contributed by atoms with van der Waals surface area (Å²) >= 11 is 0. The van der Waals surface area contributed by atoms with Crippen LogP contribution in [0.25, 0.3) is 0 Å². The van der Waals surface area contributed by atoms with Crippen LogP contribution in [-0.2, 0) is 16.0 Å². The molecule has 1 fully saturated rings. The molecule has 1 aliphatic heterocycles. The maximum Gasteiger partial charge on any atom is 0.213 e. The van der Waals surface area contributed by atoms with Crippen LogP contribution in [0.5, 0.6) is 5.88 Å². The van der Waals surface area contributed by atoms with Gasteiger partial charge in [0, 0.05) is 31.8 Å². The number of methoxy groups -OCH3 is 1. The first kappa shape index (κ1) is 16.5. The molecule has 1 aromatic rings. The third-order valence-electron chi connectivity index (χ3n) is 3.22. The second-order valence-corrected chi connectivity index (χ2v) is 5.31. The van der Waals surface area contributed by atoms with Gasteiger partial charge < -0.3 is 25.3 Å². The zero-order chi connectivity index (χ0) is 15.8. The van der Waals surface area contributed by atoms with Crippen LogP contribution in [0, 0.1) is 0 Å². The minimum Gasteiger partial charge on any atom is -0.472 e. The predicted molar refractivity (Wildman–Crippen MR) is 83.9 cm³/mol. The molecule has 1 saturated heterocycles. The highest BCUT2D eigenvalue weighted by Crippen LogP contribution is 2.16. The van der Waals surface area contributed by atoms with Gasteiger partial charge in [-0.3, -0.25) is 0 Å². The first-order valence-electron chi connectivity index (χ1n) is 7.42. The molecule has 0 radical (unpaired) electrons. The highest BCUT2D eigenvalue weighted by molar-refractivity contribution is 5.78. The van der Waals surface area contributed by atoms with Crippen LogP contribution in [0.15, 0.2) is 23.3 Å². The lowest BCUT2D eigenvalue weighted by Crippen LogP contribution is -2.40. The standard InChI is InChI=1S/C15H24N4O3/c1-11(9-20-2)19-15(16)18-8-12-3-5-17-14(7-12)22-13-4-6-21-10-13/h3,5,7,11,13H,4,6,8-10H2,1-2H3,(H3,16,18,19). The summed E-state index contributed by atoms with van der Waals surface area (Å²) in [5.41, 5.74) is 6.84. The summed E-state index contributed by atoms with van der Waals surface area (Å²) in [6.45, 7) is 4.40. The molecule has 7 nitrogen and oxygen atoms in total. The molecule has 0 amide bonds. The molecule has 0 saturated carbocycles. The number of hydrogen-bond acceptors (Lipinski definition) is 5. The Morgan fingerprint density at radius 3 is 3.23 bits per heavy atom. The van der Waals surface area contributed by atoms with Gasteiger partial charge in [-0.05, 0) is 18.6 Å². The van der Waals surface area contributed by atoms with Gasteiger partial charge in [-0.15, -0.1) is 0 Å². The van der Waals surface area contributed by atoms with Crippen LogP contribution in [0.3, 0.4) is 0 Å². The fourth-order valence-corrected chi connectivity index (χ4v) is 2.16. The molecular weight excluding hydrogens is 284 g/mol. The summed E-state index contributed by atoms with van der Waals surface area (Å²) < 4.78 is 16.1. The van der Waals surface area contributed by atoms with Crippen LogP contribution in [0.1, 0.15) is 18.9 Å². The molecule has 3 N–H and O–H groups in total. The molecule has 7 heteroatoms. The minimum absolute atomic E-state index is 0.0906. The van der Waals surface area contributed by atoms with Crippen molar-refractivity contribution >= 4 is 5.96 Å². The number of nitrogens with one attached hydrogen (secondary N) is 1. The maximum absolute atomic E-state index is 5.84. The molecule has 22 heavy (non-hydrogen) atoms. The number of hydrogen-bond donors (Lipinski definition) is 2. The lowest BCUT2D eigenvalue weighted by atomic mass is 10.2. The Labute approximate surface area is 130 Å². The fourth-order valence-electron chi connectivity index (χ4n) is 2.16. The summed E-state index contributed by atoms with van der Waals surface area (Å²) in [6.07, 6.45) is 2.71. The van der Waals surface area contributed by atoms with E-state index < -0.39 is 0 Å². The summed E-state index contributed by atoms with van der Waals surface area (Å²) in [4.78, 5) is 8.52. The Morgan fingerprint density at radius 2 is 2.50 bits per heavy atom. The molecule has 2 heterocycles. The number of guanidine groups is 1. The number of pyridine rings is 1. The maximum atomic E-state index is 5.84. The fraction of sp³-hybridized carbons (Fsp3) is 0.600. The first-order chi connectivity index (χ1) is 10.7. The zero-order valence-electron chi connectivity index (χ0n) is 13.1. The van der Waals surface area contributed by atoms with Gasteiger partial charge in [0.2, 0.25) is 5.88 Å². The van der Waals surface area contributed by atoms with E-state index in [1.165, 1.54) is 0 Å². The molecule has 0 aromatic carbocycles. The van der Waals surface area contributed by atoms with Crippen molar-refractivity contribution in [2.45, 2.75) is 32.0 Å². The average Bonchev–Trinajstić information content (AvgIpc) is 2.99. The Kier molecular flexibility index (Phi) is 6.42. The monoisotopic (exact) mass is 308 g/mol. The lowest BCUT2D eigenvalue weighted by Gasteiger charge is -2.13. The summed E-state index contributed by atoms with van der Waals surface area (Å²) in [7, 11) is 1.65. The van der Waals surface area contributed by atoms with E-state index in [9.17, 15) is 0 Å². The van der Waals surface area contributed by atoms with Crippen LogP contribution in [-0.4, -0.2) is 50.0 Å². The van der Waals surface area contributed by atoms with Crippen LogP contribution >= 0.6 is 0 Å². The van der Waals surface area contributed by atoms with E-state index in [-0.39, 0.29) is 12.1 Å². The smallest absolute Gasteiger partial charge is 0.213 e. The number of aliphatic imine (C=N–C) groups is 1. The van der Waals surface area contributed by atoms with E-state index in [2.05, 4.69) is 15.3 Å². The number of nitrogens with zero attached hydrogens (tertiary/aromatic N) is 2. The lowest BCUT2D eigenvalue weighted by molar-refractivity contribution is 0.138. The zero-order valence-corrected chi connectivity index (χ0v) is 13.1. The molecular formula is C15H24N4O3. The average molecular weight is 308 g/mol. The van der Waals surface area contributed by atoms with Gasteiger partial charge in [-0.2, -0.15) is 0 Å². The van der Waals surface area contributed by atoms with E-state index in [0.29, 0.717) is 31.6 Å². The number of nitrogens with two attached hydrogens (primary N) is 1.